The van der Waals surface area contributed by atoms with E-state index in [1.54, 1.807) is 0 Å². The Kier molecular flexibility index (Phi) is 14.2. The third kappa shape index (κ3) is 13.0. The predicted octanol–water partition coefficient (Wildman–Crippen LogP) is 10.6. The predicted molar refractivity (Wildman–Crippen MR) is 205 cm³/mol. The third-order valence-electron chi connectivity index (χ3n) is 6.95. The lowest BCUT2D eigenvalue weighted by atomic mass is 10.4. The second-order valence-electron chi connectivity index (χ2n) is 10.7. The van der Waals surface area contributed by atoms with Gasteiger partial charge in [-0.3, -0.25) is 0 Å². The van der Waals surface area contributed by atoms with Crippen LogP contribution in [0.4, 0.5) is 0 Å². The first-order valence-electron chi connectivity index (χ1n) is 15.2. The van der Waals surface area contributed by atoms with Gasteiger partial charge in [0.2, 0.25) is 0 Å². The highest BCUT2D eigenvalue weighted by atomic mass is 32.2. The minimum Gasteiger partial charge on any atom is -0.372 e. The van der Waals surface area contributed by atoms with Crippen LogP contribution in [0.25, 0.3) is 0 Å². The highest BCUT2D eigenvalue weighted by molar-refractivity contribution is 8.06. The van der Waals surface area contributed by atoms with E-state index >= 15 is 0 Å². The van der Waals surface area contributed by atoms with Crippen molar-refractivity contribution in [1.82, 2.24) is 0 Å². The van der Waals surface area contributed by atoms with Crippen molar-refractivity contribution in [3.63, 3.8) is 0 Å². The van der Waals surface area contributed by atoms with Crippen LogP contribution < -0.4 is 0 Å². The fourth-order valence-corrected chi connectivity index (χ4v) is 12.4. The van der Waals surface area contributed by atoms with E-state index in [0.29, 0.717) is 22.7 Å². The first-order chi connectivity index (χ1) is 22.2. The molecule has 2 saturated heterocycles. The van der Waals surface area contributed by atoms with Crippen LogP contribution in [0.3, 0.4) is 0 Å². The molecule has 4 atom stereocenters. The lowest BCUT2D eigenvalue weighted by molar-refractivity contribution is 0.426. The van der Waals surface area contributed by atoms with Gasteiger partial charge in [0.25, 0.3) is 0 Å². The molecule has 2 fully saturated rings. The largest absolute Gasteiger partial charge is 0.372 e. The quantitative estimate of drug-likeness (QED) is 0.0651. The van der Waals surface area contributed by atoms with Crippen molar-refractivity contribution in [3.05, 3.63) is 109 Å². The summed E-state index contributed by atoms with van der Waals surface area (Å²) in [6, 6.07) is 39.7. The van der Waals surface area contributed by atoms with Crippen LogP contribution in [0.1, 0.15) is 0 Å². The maximum absolute atomic E-state index is 5.47. The van der Waals surface area contributed by atoms with E-state index in [1.807, 2.05) is 58.8 Å². The molecule has 2 aliphatic heterocycles. The summed E-state index contributed by atoms with van der Waals surface area (Å²) in [5.74, 6) is 6.69. The second-order valence-corrected chi connectivity index (χ2v) is 18.9. The third-order valence-corrected chi connectivity index (χ3v) is 16.2. The van der Waals surface area contributed by atoms with Gasteiger partial charge < -0.3 is 9.47 Å². The van der Waals surface area contributed by atoms with Gasteiger partial charge in [-0.15, -0.1) is 47.0 Å². The number of benzene rings is 4. The van der Waals surface area contributed by atoms with Gasteiger partial charge in [0.15, 0.2) is 0 Å². The van der Waals surface area contributed by atoms with E-state index in [2.05, 4.69) is 133 Å². The zero-order valence-corrected chi connectivity index (χ0v) is 30.7. The number of hydrogen-bond donors (Lipinski definition) is 0. The smallest absolute Gasteiger partial charge is 0.0900 e. The Morgan fingerprint density at radius 3 is 1.09 bits per heavy atom. The molecule has 4 aromatic rings. The Hall–Kier alpha value is -0.750. The first kappa shape index (κ1) is 34.1. The molecule has 0 spiro atoms. The summed E-state index contributed by atoms with van der Waals surface area (Å²) < 4.78 is 10.9. The molecule has 0 bridgehead atoms. The van der Waals surface area contributed by atoms with E-state index in [9.17, 15) is 0 Å². The van der Waals surface area contributed by atoms with Crippen molar-refractivity contribution in [1.29, 1.82) is 0 Å². The average molecular weight is 727 g/mol. The zero-order chi connectivity index (χ0) is 30.5. The standard InChI is InChI=1S/C36H38O2S7/c1-3-7-29(8-4-1)41-23-35(39-21-27-19-37-27)25-43-31-11-15-33(16-12-31)45-34-17-13-32(14-18-34)44-26-36(40-22-28-20-38-28)24-42-30-9-5-2-6-10-30/h1-18,27-28,35-36H,19-26H2. The summed E-state index contributed by atoms with van der Waals surface area (Å²) in [4.78, 5) is 7.96. The number of epoxide rings is 2. The lowest BCUT2D eigenvalue weighted by Crippen LogP contribution is -2.12. The molecule has 0 saturated carbocycles. The maximum atomic E-state index is 5.47. The molecular formula is C36H38O2S7. The van der Waals surface area contributed by atoms with Gasteiger partial charge in [-0.2, -0.15) is 23.5 Å². The molecule has 2 aliphatic rings. The van der Waals surface area contributed by atoms with E-state index in [0.717, 1.165) is 47.7 Å². The van der Waals surface area contributed by atoms with Crippen LogP contribution >= 0.6 is 82.3 Å². The molecule has 0 N–H and O–H groups in total. The maximum Gasteiger partial charge on any atom is 0.0900 e. The van der Waals surface area contributed by atoms with Gasteiger partial charge in [-0.25, -0.2) is 0 Å². The molecule has 4 aromatic carbocycles. The highest BCUT2D eigenvalue weighted by Crippen LogP contribution is 2.35. The van der Waals surface area contributed by atoms with Gasteiger partial charge in [0.05, 0.1) is 25.4 Å². The van der Waals surface area contributed by atoms with Crippen LogP contribution in [0.15, 0.2) is 139 Å². The molecule has 9 heteroatoms. The van der Waals surface area contributed by atoms with Crippen molar-refractivity contribution in [2.24, 2.45) is 0 Å². The number of thioether (sulfide) groups is 6. The summed E-state index contributed by atoms with van der Waals surface area (Å²) in [6.45, 7) is 1.87. The number of ether oxygens (including phenoxy) is 2. The van der Waals surface area contributed by atoms with Gasteiger partial charge in [-0.05, 0) is 72.8 Å². The van der Waals surface area contributed by atoms with E-state index in [1.165, 1.54) is 29.4 Å². The monoisotopic (exact) mass is 726 g/mol. The zero-order valence-electron chi connectivity index (χ0n) is 25.0. The van der Waals surface area contributed by atoms with E-state index < -0.39 is 0 Å². The topological polar surface area (TPSA) is 25.1 Å². The number of hydrogen-bond acceptors (Lipinski definition) is 9. The Balaban J connectivity index is 0.945. The minimum absolute atomic E-state index is 0.473. The minimum atomic E-state index is 0.473. The summed E-state index contributed by atoms with van der Waals surface area (Å²) in [7, 11) is 0. The van der Waals surface area contributed by atoms with Gasteiger partial charge in [0.1, 0.15) is 0 Å². The fraction of sp³-hybridized carbons (Fsp3) is 0.333. The van der Waals surface area contributed by atoms with E-state index in [-0.39, 0.29) is 0 Å². The van der Waals surface area contributed by atoms with Crippen LogP contribution in [0.2, 0.25) is 0 Å². The molecule has 0 aliphatic carbocycles. The van der Waals surface area contributed by atoms with Crippen LogP contribution in [0.5, 0.6) is 0 Å². The Morgan fingerprint density at radius 2 is 0.756 bits per heavy atom. The van der Waals surface area contributed by atoms with Crippen LogP contribution in [0, 0.1) is 0 Å². The van der Waals surface area contributed by atoms with Crippen molar-refractivity contribution in [3.8, 4) is 0 Å². The Morgan fingerprint density at radius 1 is 0.444 bits per heavy atom. The second kappa shape index (κ2) is 18.7. The molecule has 2 heterocycles. The van der Waals surface area contributed by atoms with Crippen molar-refractivity contribution in [2.75, 3.05) is 47.7 Å². The van der Waals surface area contributed by atoms with Crippen molar-refractivity contribution < 1.29 is 9.47 Å². The molecule has 4 unspecified atom stereocenters. The Bertz CT molecular complexity index is 1290. The SMILES string of the molecule is c1ccc(SCC(CSc2ccc(Sc3ccc(SCC(CSc4ccccc4)SCC4CO4)cc3)cc2)SCC2CO2)cc1. The summed E-state index contributed by atoms with van der Waals surface area (Å²) in [6.07, 6.45) is 0.946. The van der Waals surface area contributed by atoms with Crippen LogP contribution in [-0.4, -0.2) is 70.4 Å². The summed E-state index contributed by atoms with van der Waals surface area (Å²) >= 11 is 13.9. The highest BCUT2D eigenvalue weighted by Gasteiger charge is 2.25. The lowest BCUT2D eigenvalue weighted by Gasteiger charge is -2.16. The summed E-state index contributed by atoms with van der Waals surface area (Å²) in [5.41, 5.74) is 0. The van der Waals surface area contributed by atoms with Gasteiger partial charge >= 0.3 is 0 Å². The molecule has 236 valence electrons. The molecule has 0 amide bonds. The van der Waals surface area contributed by atoms with Gasteiger partial charge in [-0.1, -0.05) is 48.2 Å². The Labute approximate surface area is 298 Å². The van der Waals surface area contributed by atoms with Crippen molar-refractivity contribution >= 4 is 82.3 Å². The van der Waals surface area contributed by atoms with Crippen LogP contribution in [-0.2, 0) is 9.47 Å². The summed E-state index contributed by atoms with van der Waals surface area (Å²) in [5, 5.41) is 1.19. The normalized spacial score (nSPS) is 18.4. The molecule has 45 heavy (non-hydrogen) atoms. The average Bonchev–Trinajstić information content (AvgIpc) is 4.03. The van der Waals surface area contributed by atoms with E-state index in [4.69, 9.17) is 9.47 Å². The molecule has 6 rings (SSSR count). The molecule has 0 aromatic heterocycles. The number of rotatable bonds is 20. The molecular weight excluding hydrogens is 689 g/mol. The van der Waals surface area contributed by atoms with Crippen molar-refractivity contribution in [2.45, 2.75) is 52.1 Å². The first-order valence-corrected chi connectivity index (χ1v) is 22.1. The fourth-order valence-electron chi connectivity index (χ4n) is 4.24. The van der Waals surface area contributed by atoms with Gasteiger partial charge in [0, 0.05) is 74.4 Å². The molecule has 0 radical (unpaired) electrons. The molecule has 2 nitrogen and oxygen atoms in total.